The van der Waals surface area contributed by atoms with Gasteiger partial charge in [0.15, 0.2) is 11.5 Å². The lowest BCUT2D eigenvalue weighted by molar-refractivity contribution is 0.405. The van der Waals surface area contributed by atoms with Crippen molar-refractivity contribution < 1.29 is 10.2 Å². The van der Waals surface area contributed by atoms with Crippen molar-refractivity contribution in [2.24, 2.45) is 0 Å². The molecule has 5 nitrogen and oxygen atoms in total. The zero-order valence-electron chi connectivity index (χ0n) is 13.9. The Morgan fingerprint density at radius 3 is 2.09 bits per heavy atom. The lowest BCUT2D eigenvalue weighted by Crippen LogP contribution is -1.95. The van der Waals surface area contributed by atoms with E-state index in [9.17, 15) is 10.2 Å². The van der Waals surface area contributed by atoms with Crippen molar-refractivity contribution in [1.82, 2.24) is 9.97 Å². The van der Waals surface area contributed by atoms with Gasteiger partial charge in [0.2, 0.25) is 0 Å². The molecule has 0 amide bonds. The molecule has 5 heteroatoms. The highest BCUT2D eigenvalue weighted by molar-refractivity contribution is 5.92. The summed E-state index contributed by atoms with van der Waals surface area (Å²) in [6, 6.07) is 12.4. The van der Waals surface area contributed by atoms with Gasteiger partial charge < -0.3 is 15.5 Å². The molecule has 0 saturated heterocycles. The summed E-state index contributed by atoms with van der Waals surface area (Å²) in [6.07, 6.45) is 1.41. The van der Waals surface area contributed by atoms with Gasteiger partial charge in [-0.15, -0.1) is 0 Å². The van der Waals surface area contributed by atoms with E-state index >= 15 is 0 Å². The van der Waals surface area contributed by atoms with Crippen molar-refractivity contribution in [3.05, 3.63) is 48.8 Å². The Morgan fingerprint density at radius 1 is 0.826 bits per heavy atom. The summed E-state index contributed by atoms with van der Waals surface area (Å²) in [4.78, 5) is 8.22. The van der Waals surface area contributed by atoms with Gasteiger partial charge in [0.05, 0.1) is 5.52 Å². The molecule has 0 fully saturated rings. The first-order valence-corrected chi connectivity index (χ1v) is 7.73. The molecule has 1 heterocycles. The Kier molecular flexibility index (Phi) is 7.33. The van der Waals surface area contributed by atoms with Crippen molar-refractivity contribution in [2.45, 2.75) is 27.7 Å². The second kappa shape index (κ2) is 9.25. The maximum atomic E-state index is 9.57. The Bertz CT molecular complexity index is 731. The van der Waals surface area contributed by atoms with Crippen LogP contribution in [0.15, 0.2) is 48.8 Å². The van der Waals surface area contributed by atoms with E-state index in [0.717, 1.165) is 5.69 Å². The van der Waals surface area contributed by atoms with Gasteiger partial charge in [-0.2, -0.15) is 0 Å². The number of nitrogens with zero attached hydrogens (tertiary/aromatic N) is 2. The van der Waals surface area contributed by atoms with Crippen LogP contribution in [0.5, 0.6) is 11.5 Å². The number of aromatic nitrogens is 2. The number of phenols is 2. The molecule has 3 N–H and O–H groups in total. The number of para-hydroxylation sites is 1. The van der Waals surface area contributed by atoms with Crippen LogP contribution in [0.2, 0.25) is 0 Å². The van der Waals surface area contributed by atoms with Crippen molar-refractivity contribution in [2.75, 3.05) is 5.32 Å². The molecule has 2 aromatic carbocycles. The Morgan fingerprint density at radius 2 is 1.43 bits per heavy atom. The molecule has 0 bridgehead atoms. The molecular formula is C18H23N3O2. The average Bonchev–Trinajstić information content (AvgIpc) is 2.61. The maximum absolute atomic E-state index is 9.57. The third-order valence-electron chi connectivity index (χ3n) is 2.77. The van der Waals surface area contributed by atoms with Gasteiger partial charge in [-0.25, -0.2) is 9.97 Å². The van der Waals surface area contributed by atoms with E-state index in [2.05, 4.69) is 15.3 Å². The molecule has 0 aliphatic carbocycles. The number of hydrogen-bond acceptors (Lipinski definition) is 5. The van der Waals surface area contributed by atoms with E-state index < -0.39 is 0 Å². The number of nitrogens with one attached hydrogen (secondary N) is 1. The van der Waals surface area contributed by atoms with Gasteiger partial charge in [0.25, 0.3) is 0 Å². The Labute approximate surface area is 136 Å². The van der Waals surface area contributed by atoms with E-state index in [1.54, 1.807) is 0 Å². The second-order valence-electron chi connectivity index (χ2n) is 4.07. The quantitative estimate of drug-likeness (QED) is 0.590. The van der Waals surface area contributed by atoms with E-state index in [-0.39, 0.29) is 11.5 Å². The molecule has 0 aliphatic rings. The number of anilines is 2. The normalized spacial score (nSPS) is 9.22. The lowest BCUT2D eigenvalue weighted by atomic mass is 10.2. The minimum absolute atomic E-state index is 0.196. The average molecular weight is 313 g/mol. The van der Waals surface area contributed by atoms with Crippen molar-refractivity contribution >= 4 is 22.4 Å². The minimum atomic E-state index is -0.197. The molecule has 0 atom stereocenters. The van der Waals surface area contributed by atoms with Crippen LogP contribution in [0.3, 0.4) is 0 Å². The fourth-order valence-electron chi connectivity index (χ4n) is 1.84. The van der Waals surface area contributed by atoms with E-state index in [4.69, 9.17) is 0 Å². The zero-order valence-corrected chi connectivity index (χ0v) is 13.9. The fourth-order valence-corrected chi connectivity index (χ4v) is 1.84. The molecule has 0 spiro atoms. The molecular weight excluding hydrogens is 290 g/mol. The Hall–Kier alpha value is -2.82. The van der Waals surface area contributed by atoms with Crippen molar-refractivity contribution in [3.63, 3.8) is 0 Å². The molecule has 0 radical (unpaired) electrons. The molecule has 3 aromatic rings. The van der Waals surface area contributed by atoms with Crippen LogP contribution in [-0.2, 0) is 0 Å². The summed E-state index contributed by atoms with van der Waals surface area (Å²) in [5.74, 6) is 0.182. The molecule has 23 heavy (non-hydrogen) atoms. The van der Waals surface area contributed by atoms with Crippen LogP contribution >= 0.6 is 0 Å². The lowest BCUT2D eigenvalue weighted by Gasteiger charge is -2.08. The van der Waals surface area contributed by atoms with Gasteiger partial charge in [-0.05, 0) is 18.2 Å². The number of benzene rings is 2. The number of rotatable bonds is 2. The van der Waals surface area contributed by atoms with Gasteiger partial charge in [-0.1, -0.05) is 45.9 Å². The van der Waals surface area contributed by atoms with Crippen molar-refractivity contribution in [1.29, 1.82) is 0 Å². The standard InChI is InChI=1S/C14H11N3O2.2C2H6/c18-12-6-10-11(7-13(12)19)15-8-16-14(10)17-9-4-2-1-3-5-9;2*1-2/h1-8,18-19H,(H,15,16,17);2*1-2H3. The predicted molar refractivity (Wildman–Crippen MR) is 95.3 cm³/mol. The number of fused-ring (bicyclic) bond motifs is 1. The molecule has 0 saturated carbocycles. The highest BCUT2D eigenvalue weighted by Crippen LogP contribution is 2.32. The molecule has 0 unspecified atom stereocenters. The van der Waals surface area contributed by atoms with Crippen LogP contribution < -0.4 is 5.32 Å². The van der Waals surface area contributed by atoms with Gasteiger partial charge in [0.1, 0.15) is 12.1 Å². The zero-order chi connectivity index (χ0) is 17.2. The molecule has 0 aliphatic heterocycles. The molecule has 122 valence electrons. The van der Waals surface area contributed by atoms with Crippen LogP contribution in [0.25, 0.3) is 10.9 Å². The summed E-state index contributed by atoms with van der Waals surface area (Å²) in [5, 5.41) is 22.8. The van der Waals surface area contributed by atoms with Crippen LogP contribution in [0.1, 0.15) is 27.7 Å². The molecule has 1 aromatic heterocycles. The highest BCUT2D eigenvalue weighted by atomic mass is 16.3. The topological polar surface area (TPSA) is 78.3 Å². The summed E-state index contributed by atoms with van der Waals surface area (Å²) in [7, 11) is 0. The largest absolute Gasteiger partial charge is 0.504 e. The highest BCUT2D eigenvalue weighted by Gasteiger charge is 2.08. The van der Waals surface area contributed by atoms with E-state index in [0.29, 0.717) is 16.7 Å². The molecule has 3 rings (SSSR count). The van der Waals surface area contributed by atoms with Crippen molar-refractivity contribution in [3.8, 4) is 11.5 Å². The van der Waals surface area contributed by atoms with Crippen LogP contribution in [-0.4, -0.2) is 20.2 Å². The van der Waals surface area contributed by atoms with Gasteiger partial charge >= 0.3 is 0 Å². The number of hydrogen-bond donors (Lipinski definition) is 3. The maximum Gasteiger partial charge on any atom is 0.159 e. The van der Waals surface area contributed by atoms with Crippen LogP contribution in [0.4, 0.5) is 11.5 Å². The first-order valence-electron chi connectivity index (χ1n) is 7.73. The smallest absolute Gasteiger partial charge is 0.159 e. The second-order valence-corrected chi connectivity index (χ2v) is 4.07. The SMILES string of the molecule is CC.CC.Oc1cc2ncnc(Nc3ccccc3)c2cc1O. The monoisotopic (exact) mass is 313 g/mol. The van der Waals surface area contributed by atoms with Gasteiger partial charge in [-0.3, -0.25) is 0 Å². The van der Waals surface area contributed by atoms with Crippen LogP contribution in [0, 0.1) is 0 Å². The first kappa shape index (κ1) is 18.2. The first-order chi connectivity index (χ1) is 11.2. The summed E-state index contributed by atoms with van der Waals surface area (Å²) >= 11 is 0. The van der Waals surface area contributed by atoms with E-state index in [1.807, 2.05) is 58.0 Å². The van der Waals surface area contributed by atoms with Gasteiger partial charge in [0, 0.05) is 17.1 Å². The summed E-state index contributed by atoms with van der Waals surface area (Å²) < 4.78 is 0. The predicted octanol–water partition coefficient (Wildman–Crippen LogP) is 4.84. The summed E-state index contributed by atoms with van der Waals surface area (Å²) in [5.41, 5.74) is 1.44. The minimum Gasteiger partial charge on any atom is -0.504 e. The third kappa shape index (κ3) is 4.57. The van der Waals surface area contributed by atoms with E-state index in [1.165, 1.54) is 18.5 Å². The number of phenolic OH excluding ortho intramolecular Hbond substituents is 2. The fraction of sp³-hybridized carbons (Fsp3) is 0.222. The number of aromatic hydroxyl groups is 2. The Balaban J connectivity index is 0.000000615. The third-order valence-corrected chi connectivity index (χ3v) is 2.77. The summed E-state index contributed by atoms with van der Waals surface area (Å²) in [6.45, 7) is 8.00.